The van der Waals surface area contributed by atoms with Gasteiger partial charge in [-0.2, -0.15) is 12.2 Å². The molecule has 0 heterocycles. The van der Waals surface area contributed by atoms with E-state index in [2.05, 4.69) is 30.6 Å². The fourth-order valence-corrected chi connectivity index (χ4v) is 4.18. The Balaban J connectivity index is 2.53. The molecule has 0 aromatic heterocycles. The SMILES string of the molecule is CCPSCCPS. The zero-order valence-corrected chi connectivity index (χ0v) is 8.69. The predicted octanol–water partition coefficient (Wildman–Crippen LogP) is 2.86. The lowest BCUT2D eigenvalue weighted by atomic mass is 11.0. The van der Waals surface area contributed by atoms with Crippen LogP contribution >= 0.6 is 39.2 Å². The Morgan fingerprint density at radius 3 is 2.88 bits per heavy atom. The van der Waals surface area contributed by atoms with Gasteiger partial charge in [0.15, 0.2) is 0 Å². The summed E-state index contributed by atoms with van der Waals surface area (Å²) < 4.78 is 0. The van der Waals surface area contributed by atoms with Crippen molar-refractivity contribution in [1.29, 1.82) is 0 Å². The number of hydrogen-bond donors (Lipinski definition) is 1. The minimum Gasteiger partial charge on any atom is -0.155 e. The van der Waals surface area contributed by atoms with Crippen molar-refractivity contribution < 1.29 is 0 Å². The summed E-state index contributed by atoms with van der Waals surface area (Å²) in [6.07, 6.45) is 2.63. The van der Waals surface area contributed by atoms with Gasteiger partial charge in [0.25, 0.3) is 0 Å². The molecule has 0 saturated heterocycles. The largest absolute Gasteiger partial charge is 0.155 e. The minimum absolute atomic E-state index is 0.847. The van der Waals surface area contributed by atoms with Crippen molar-refractivity contribution in [2.24, 2.45) is 0 Å². The normalized spacial score (nSPS) is 12.8. The highest BCUT2D eigenvalue weighted by Crippen LogP contribution is 2.30. The monoisotopic (exact) mass is 186 g/mol. The maximum atomic E-state index is 4.14. The molecule has 0 nitrogen and oxygen atoms in total. The average Bonchev–Trinajstić information content (AvgIpc) is 1.81. The summed E-state index contributed by atoms with van der Waals surface area (Å²) in [6, 6.07) is 0. The van der Waals surface area contributed by atoms with Crippen LogP contribution < -0.4 is 0 Å². The quantitative estimate of drug-likeness (QED) is 0.391. The van der Waals surface area contributed by atoms with E-state index in [1.807, 2.05) is 0 Å². The lowest BCUT2D eigenvalue weighted by Crippen LogP contribution is -1.72. The van der Waals surface area contributed by atoms with Crippen LogP contribution in [0.3, 0.4) is 0 Å². The summed E-state index contributed by atoms with van der Waals surface area (Å²) >= 11 is 6.20. The third-order valence-electron chi connectivity index (χ3n) is 0.562. The van der Waals surface area contributed by atoms with Crippen molar-refractivity contribution in [3.63, 3.8) is 0 Å². The second-order valence-electron chi connectivity index (χ2n) is 1.25. The lowest BCUT2D eigenvalue weighted by Gasteiger charge is -1.94. The smallest absolute Gasteiger partial charge is 0.00161 e. The van der Waals surface area contributed by atoms with Gasteiger partial charge in [0, 0.05) is 5.75 Å². The van der Waals surface area contributed by atoms with Gasteiger partial charge in [-0.05, 0) is 12.3 Å². The van der Waals surface area contributed by atoms with Gasteiger partial charge in [0.1, 0.15) is 0 Å². The van der Waals surface area contributed by atoms with E-state index in [0.717, 1.165) is 15.6 Å². The maximum Gasteiger partial charge on any atom is 0.00161 e. The lowest BCUT2D eigenvalue weighted by molar-refractivity contribution is 1.53. The Hall–Kier alpha value is 1.56. The van der Waals surface area contributed by atoms with Gasteiger partial charge in [-0.3, -0.25) is 0 Å². The van der Waals surface area contributed by atoms with Crippen LogP contribution in [0.1, 0.15) is 6.92 Å². The molecule has 0 spiro atoms. The standard InChI is InChI=1S/C4H12P2S2/c1-2-6-8-4-3-5-7/h5-7H,2-4H2,1H3. The van der Waals surface area contributed by atoms with E-state index in [0.29, 0.717) is 0 Å². The molecule has 8 heavy (non-hydrogen) atoms. The van der Waals surface area contributed by atoms with Crippen molar-refractivity contribution in [1.82, 2.24) is 0 Å². The van der Waals surface area contributed by atoms with Crippen LogP contribution in [-0.4, -0.2) is 18.1 Å². The first kappa shape index (κ1) is 9.56. The van der Waals surface area contributed by atoms with Crippen molar-refractivity contribution in [2.75, 3.05) is 18.1 Å². The molecule has 0 fully saturated rings. The first-order valence-corrected chi connectivity index (χ1v) is 8.04. The van der Waals surface area contributed by atoms with Crippen LogP contribution in [-0.2, 0) is 0 Å². The molecule has 0 N–H and O–H groups in total. The number of rotatable bonds is 5. The van der Waals surface area contributed by atoms with E-state index >= 15 is 0 Å². The second kappa shape index (κ2) is 8.56. The minimum atomic E-state index is 0.847. The molecule has 2 atom stereocenters. The van der Waals surface area contributed by atoms with Crippen LogP contribution in [0.4, 0.5) is 0 Å². The van der Waals surface area contributed by atoms with E-state index in [9.17, 15) is 0 Å². The molecule has 0 aliphatic heterocycles. The molecule has 0 bridgehead atoms. The van der Waals surface area contributed by atoms with Gasteiger partial charge in [0.2, 0.25) is 0 Å². The molecule has 0 saturated carbocycles. The third-order valence-corrected chi connectivity index (χ3v) is 5.06. The predicted molar refractivity (Wildman–Crippen MR) is 53.5 cm³/mol. The molecular weight excluding hydrogens is 174 g/mol. The fourth-order valence-electron chi connectivity index (χ4n) is 0.271. The maximum absolute atomic E-state index is 4.14. The molecule has 4 heteroatoms. The summed E-state index contributed by atoms with van der Waals surface area (Å²) in [5.41, 5.74) is 0. The van der Waals surface area contributed by atoms with E-state index in [1.54, 1.807) is 0 Å². The van der Waals surface area contributed by atoms with Gasteiger partial charge in [-0.25, -0.2) is 0 Å². The third kappa shape index (κ3) is 7.56. The van der Waals surface area contributed by atoms with Gasteiger partial charge in [-0.1, -0.05) is 22.5 Å². The highest BCUT2D eigenvalue weighted by Gasteiger charge is 1.83. The van der Waals surface area contributed by atoms with E-state index < -0.39 is 0 Å². The van der Waals surface area contributed by atoms with Crippen LogP contribution in [0, 0.1) is 0 Å². The summed E-state index contributed by atoms with van der Waals surface area (Å²) in [7, 11) is 1.96. The Bertz CT molecular complexity index is 37.0. The Labute approximate surface area is 64.4 Å². The molecule has 0 aliphatic carbocycles. The van der Waals surface area contributed by atoms with E-state index in [1.165, 1.54) is 18.1 Å². The number of hydrogen-bond acceptors (Lipinski definition) is 2. The topological polar surface area (TPSA) is 0 Å². The fraction of sp³-hybridized carbons (Fsp3) is 1.00. The van der Waals surface area contributed by atoms with Gasteiger partial charge in [-0.15, -0.1) is 11.4 Å². The van der Waals surface area contributed by atoms with Crippen LogP contribution in [0.25, 0.3) is 0 Å². The molecule has 2 unspecified atom stereocenters. The van der Waals surface area contributed by atoms with Gasteiger partial charge >= 0.3 is 0 Å². The molecule has 0 aromatic carbocycles. The first-order chi connectivity index (χ1) is 3.91. The molecule has 0 amide bonds. The molecule has 0 rings (SSSR count). The summed E-state index contributed by atoms with van der Waals surface area (Å²) in [6.45, 7) is 2.23. The summed E-state index contributed by atoms with van der Waals surface area (Å²) in [5, 5.41) is 0. The van der Waals surface area contributed by atoms with Crippen LogP contribution in [0.5, 0.6) is 0 Å². The number of thiol groups is 1. The molecule has 0 aliphatic rings. The molecular formula is C4H12P2S2. The summed E-state index contributed by atoms with van der Waals surface area (Å²) in [5.74, 6) is 1.31. The zero-order chi connectivity index (χ0) is 6.24. The second-order valence-corrected chi connectivity index (χ2v) is 6.44. The van der Waals surface area contributed by atoms with Crippen molar-refractivity contribution in [3.8, 4) is 0 Å². The highest BCUT2D eigenvalue weighted by atomic mass is 32.7. The van der Waals surface area contributed by atoms with Crippen LogP contribution in [0.15, 0.2) is 0 Å². The average molecular weight is 186 g/mol. The van der Waals surface area contributed by atoms with Gasteiger partial charge in [0.05, 0.1) is 0 Å². The zero-order valence-electron chi connectivity index (χ0n) is 4.98. The Kier molecular flexibility index (Phi) is 10.2. The van der Waals surface area contributed by atoms with E-state index in [4.69, 9.17) is 0 Å². The first-order valence-electron chi connectivity index (χ1n) is 2.63. The van der Waals surface area contributed by atoms with E-state index in [-0.39, 0.29) is 0 Å². The van der Waals surface area contributed by atoms with Crippen molar-refractivity contribution in [2.45, 2.75) is 6.92 Å². The molecule has 50 valence electrons. The summed E-state index contributed by atoms with van der Waals surface area (Å²) in [4.78, 5) is 0. The molecule has 0 aromatic rings. The highest BCUT2D eigenvalue weighted by molar-refractivity contribution is 8.49. The van der Waals surface area contributed by atoms with Crippen LogP contribution in [0.2, 0.25) is 0 Å². The Morgan fingerprint density at radius 2 is 2.38 bits per heavy atom. The molecule has 0 radical (unpaired) electrons. The Morgan fingerprint density at radius 1 is 1.62 bits per heavy atom. The van der Waals surface area contributed by atoms with Crippen molar-refractivity contribution in [3.05, 3.63) is 0 Å². The van der Waals surface area contributed by atoms with Crippen molar-refractivity contribution >= 4 is 39.2 Å². The van der Waals surface area contributed by atoms with Gasteiger partial charge < -0.3 is 0 Å².